The number of ether oxygens (including phenoxy) is 1. The molecule has 138 valence electrons. The van der Waals surface area contributed by atoms with Gasteiger partial charge in [-0.2, -0.15) is 0 Å². The second-order valence-electron chi connectivity index (χ2n) is 6.00. The van der Waals surface area contributed by atoms with Gasteiger partial charge in [-0.3, -0.25) is 9.59 Å². The summed E-state index contributed by atoms with van der Waals surface area (Å²) in [4.78, 5) is 24.0. The molecular weight excluding hydrogens is 378 g/mol. The van der Waals surface area contributed by atoms with Gasteiger partial charge in [0.15, 0.2) is 0 Å². The van der Waals surface area contributed by atoms with Gasteiger partial charge >= 0.3 is 5.97 Å². The van der Waals surface area contributed by atoms with Gasteiger partial charge < -0.3 is 10.1 Å². The second kappa shape index (κ2) is 11.0. The maximum atomic E-state index is 12.3. The molecule has 1 aromatic carbocycles. The van der Waals surface area contributed by atoms with Crippen molar-refractivity contribution >= 4 is 45.1 Å². The molecule has 4 nitrogen and oxygen atoms in total. The number of hydrogen-bond acceptors (Lipinski definition) is 5. The molecule has 0 aliphatic carbocycles. The Bertz CT molecular complexity index is 579. The van der Waals surface area contributed by atoms with Crippen LogP contribution in [0.4, 0.5) is 0 Å². The minimum absolute atomic E-state index is 0.0535. The fraction of sp³-hybridized carbons (Fsp3) is 0.556. The summed E-state index contributed by atoms with van der Waals surface area (Å²) in [6, 6.07) is 6.78. The predicted octanol–water partition coefficient (Wildman–Crippen LogP) is 4.77. The van der Waals surface area contributed by atoms with Crippen LogP contribution in [0.25, 0.3) is 0 Å². The lowest BCUT2D eigenvalue weighted by atomic mass is 10.0. The second-order valence-corrected chi connectivity index (χ2v) is 9.19. The third kappa shape index (κ3) is 7.12. The van der Waals surface area contributed by atoms with E-state index in [1.807, 2.05) is 39.8 Å². The van der Waals surface area contributed by atoms with Crippen LogP contribution in [-0.4, -0.2) is 30.0 Å². The van der Waals surface area contributed by atoms with Crippen molar-refractivity contribution in [1.82, 2.24) is 5.32 Å². The third-order valence-corrected chi connectivity index (χ3v) is 7.47. The van der Waals surface area contributed by atoms with E-state index < -0.39 is 6.04 Å². The van der Waals surface area contributed by atoms with E-state index >= 15 is 0 Å². The molecule has 0 aromatic heterocycles. The lowest BCUT2D eigenvalue weighted by Gasteiger charge is -2.19. The molecule has 1 amide bonds. The molecule has 2 rings (SSSR count). The van der Waals surface area contributed by atoms with Crippen LogP contribution in [0.1, 0.15) is 50.1 Å². The van der Waals surface area contributed by atoms with Gasteiger partial charge in [0.25, 0.3) is 0 Å². The van der Waals surface area contributed by atoms with Crippen LogP contribution in [-0.2, 0) is 14.3 Å². The van der Waals surface area contributed by atoms with Gasteiger partial charge in [0, 0.05) is 22.4 Å². The van der Waals surface area contributed by atoms with Crippen LogP contribution in [0.5, 0.6) is 0 Å². The molecule has 0 saturated carbocycles. The summed E-state index contributed by atoms with van der Waals surface area (Å²) in [5, 5.41) is 4.21. The number of benzene rings is 1. The first-order valence-electron chi connectivity index (χ1n) is 8.49. The van der Waals surface area contributed by atoms with Gasteiger partial charge in [-0.1, -0.05) is 57.8 Å². The van der Waals surface area contributed by atoms with Crippen LogP contribution >= 0.6 is 33.2 Å². The first kappa shape index (κ1) is 20.5. The number of esters is 1. The maximum Gasteiger partial charge on any atom is 0.307 e. The fourth-order valence-electron chi connectivity index (χ4n) is 2.73. The number of halogens is 1. The lowest BCUT2D eigenvalue weighted by Crippen LogP contribution is -2.30. The number of carbonyl (C=O) groups is 2. The van der Waals surface area contributed by atoms with Crippen molar-refractivity contribution in [2.75, 3.05) is 12.9 Å². The van der Waals surface area contributed by atoms with Crippen molar-refractivity contribution in [2.24, 2.45) is 0 Å². The average Bonchev–Trinajstić information content (AvgIpc) is 3.12. The quantitative estimate of drug-likeness (QED) is 0.366. The maximum absolute atomic E-state index is 12.3. The van der Waals surface area contributed by atoms with Crippen molar-refractivity contribution < 1.29 is 14.3 Å². The number of rotatable bonds is 9. The summed E-state index contributed by atoms with van der Waals surface area (Å²) in [5.41, 5.74) is 0.738. The van der Waals surface area contributed by atoms with E-state index in [0.29, 0.717) is 11.4 Å². The zero-order valence-electron chi connectivity index (χ0n) is 14.3. The van der Waals surface area contributed by atoms with Gasteiger partial charge in [0.1, 0.15) is 0 Å². The largest absolute Gasteiger partial charge is 0.469 e. The molecule has 2 unspecified atom stereocenters. The number of methoxy groups -OCH3 is 1. The summed E-state index contributed by atoms with van der Waals surface area (Å²) >= 11 is 6.22. The van der Waals surface area contributed by atoms with Gasteiger partial charge in [0.05, 0.1) is 19.6 Å². The Balaban J connectivity index is 1.83. The molecule has 0 bridgehead atoms. The van der Waals surface area contributed by atoms with E-state index in [-0.39, 0.29) is 18.3 Å². The topological polar surface area (TPSA) is 55.4 Å². The highest BCUT2D eigenvalue weighted by Gasteiger charge is 2.21. The molecule has 1 fully saturated rings. The van der Waals surface area contributed by atoms with Crippen LogP contribution < -0.4 is 5.32 Å². The van der Waals surface area contributed by atoms with Crippen LogP contribution in [0.15, 0.2) is 24.3 Å². The van der Waals surface area contributed by atoms with E-state index in [9.17, 15) is 9.59 Å². The van der Waals surface area contributed by atoms with Crippen molar-refractivity contribution in [2.45, 2.75) is 49.8 Å². The number of hydrogen-bond donors (Lipinski definition) is 1. The molecule has 1 aliphatic rings. The normalized spacial score (nSPS) is 17.9. The van der Waals surface area contributed by atoms with E-state index in [1.54, 1.807) is 6.07 Å². The fourth-order valence-corrected chi connectivity index (χ4v) is 6.03. The molecule has 0 radical (unpaired) electrons. The van der Waals surface area contributed by atoms with Gasteiger partial charge in [-0.05, 0) is 30.9 Å². The van der Waals surface area contributed by atoms with E-state index in [4.69, 9.17) is 16.3 Å². The standard InChI is InChI=1S/C18H24ClNO3S2/c1-23-18(22)12-16(14-7-3-4-8-15(14)19)20-17(21)9-5-2-6-13-10-11-24-25-13/h3-4,7-8,13,16H,2,5-6,9-12H2,1H3,(H,20,21). The molecular formula is C18H24ClNO3S2. The molecule has 1 saturated heterocycles. The van der Waals surface area contributed by atoms with Crippen molar-refractivity contribution in [3.8, 4) is 0 Å². The molecule has 0 spiro atoms. The predicted molar refractivity (Wildman–Crippen MR) is 106 cm³/mol. The highest BCUT2D eigenvalue weighted by atomic mass is 35.5. The summed E-state index contributed by atoms with van der Waals surface area (Å²) in [5.74, 6) is 0.811. The van der Waals surface area contributed by atoms with Crippen LogP contribution in [0.3, 0.4) is 0 Å². The van der Waals surface area contributed by atoms with Crippen molar-refractivity contribution in [1.29, 1.82) is 0 Å². The Morgan fingerprint density at radius 3 is 2.84 bits per heavy atom. The number of unbranched alkanes of at least 4 members (excludes halogenated alkanes) is 1. The number of carbonyl (C=O) groups excluding carboxylic acids is 2. The molecule has 2 atom stereocenters. The molecule has 1 heterocycles. The van der Waals surface area contributed by atoms with Gasteiger partial charge in [-0.15, -0.1) is 0 Å². The summed E-state index contributed by atoms with van der Waals surface area (Å²) in [6.07, 6.45) is 4.89. The van der Waals surface area contributed by atoms with Crippen LogP contribution in [0, 0.1) is 0 Å². The van der Waals surface area contributed by atoms with E-state index in [2.05, 4.69) is 5.32 Å². The van der Waals surface area contributed by atoms with E-state index in [1.165, 1.54) is 25.7 Å². The SMILES string of the molecule is COC(=O)CC(NC(=O)CCCCC1CCSS1)c1ccccc1Cl. The van der Waals surface area contributed by atoms with Crippen molar-refractivity contribution in [3.05, 3.63) is 34.9 Å². The molecule has 1 aromatic rings. The first-order chi connectivity index (χ1) is 12.1. The zero-order chi connectivity index (χ0) is 18.1. The lowest BCUT2D eigenvalue weighted by molar-refractivity contribution is -0.141. The average molecular weight is 402 g/mol. The summed E-state index contributed by atoms with van der Waals surface area (Å²) in [6.45, 7) is 0. The molecule has 25 heavy (non-hydrogen) atoms. The van der Waals surface area contributed by atoms with Gasteiger partial charge in [0.2, 0.25) is 5.91 Å². The zero-order valence-corrected chi connectivity index (χ0v) is 16.7. The minimum atomic E-state index is -0.463. The Kier molecular flexibility index (Phi) is 8.99. The minimum Gasteiger partial charge on any atom is -0.469 e. The third-order valence-electron chi connectivity index (χ3n) is 4.12. The number of nitrogens with one attached hydrogen (secondary N) is 1. The Hall–Kier alpha value is -0.850. The van der Waals surface area contributed by atoms with Gasteiger partial charge in [-0.25, -0.2) is 0 Å². The monoisotopic (exact) mass is 401 g/mol. The smallest absolute Gasteiger partial charge is 0.307 e. The molecule has 7 heteroatoms. The highest BCUT2D eigenvalue weighted by molar-refractivity contribution is 8.77. The highest BCUT2D eigenvalue weighted by Crippen LogP contribution is 2.39. The molecule has 1 aliphatic heterocycles. The molecule has 1 N–H and O–H groups in total. The van der Waals surface area contributed by atoms with E-state index in [0.717, 1.165) is 23.7 Å². The van der Waals surface area contributed by atoms with Crippen molar-refractivity contribution in [3.63, 3.8) is 0 Å². The summed E-state index contributed by atoms with van der Waals surface area (Å²) in [7, 11) is 5.25. The first-order valence-corrected chi connectivity index (χ1v) is 11.2. The Morgan fingerprint density at radius 1 is 1.36 bits per heavy atom. The Labute approximate surface area is 162 Å². The summed E-state index contributed by atoms with van der Waals surface area (Å²) < 4.78 is 4.74. The Morgan fingerprint density at radius 2 is 2.16 bits per heavy atom. The number of amides is 1. The van der Waals surface area contributed by atoms with Crippen LogP contribution in [0.2, 0.25) is 5.02 Å².